The van der Waals surface area contributed by atoms with Crippen molar-refractivity contribution in [1.29, 1.82) is 0 Å². The quantitative estimate of drug-likeness (QED) is 0.351. The van der Waals surface area contributed by atoms with Gasteiger partial charge in [0.05, 0.1) is 0 Å². The van der Waals surface area contributed by atoms with E-state index in [2.05, 4.69) is 27.4 Å². The molecule has 0 bridgehead atoms. The first-order valence-corrected chi connectivity index (χ1v) is 8.61. The lowest BCUT2D eigenvalue weighted by Gasteiger charge is -2.22. The average molecular weight is 406 g/mol. The van der Waals surface area contributed by atoms with E-state index in [-0.39, 0.29) is 24.0 Å². The summed E-state index contributed by atoms with van der Waals surface area (Å²) in [6, 6.07) is 0.892. The summed E-state index contributed by atoms with van der Waals surface area (Å²) < 4.78 is 0. The Hall–Kier alpha value is -0.0400. The Morgan fingerprint density at radius 1 is 1.05 bits per heavy atom. The number of nitrogens with zero attached hydrogens (tertiary/aromatic N) is 2. The van der Waals surface area contributed by atoms with Crippen molar-refractivity contribution in [1.82, 2.24) is 15.5 Å². The molecule has 0 aromatic carbocycles. The minimum atomic E-state index is 0. The fourth-order valence-electron chi connectivity index (χ4n) is 2.68. The molecule has 3 aliphatic rings. The second-order valence-corrected chi connectivity index (χ2v) is 6.76. The summed E-state index contributed by atoms with van der Waals surface area (Å²) in [6.45, 7) is 7.63. The molecule has 5 heteroatoms. The van der Waals surface area contributed by atoms with Gasteiger partial charge >= 0.3 is 0 Å². The molecule has 4 nitrogen and oxygen atoms in total. The highest BCUT2D eigenvalue weighted by atomic mass is 127. The van der Waals surface area contributed by atoms with Crippen molar-refractivity contribution in [2.75, 3.05) is 32.7 Å². The Morgan fingerprint density at radius 2 is 1.76 bits per heavy atom. The maximum absolute atomic E-state index is 4.68. The van der Waals surface area contributed by atoms with E-state index in [0.717, 1.165) is 43.5 Å². The van der Waals surface area contributed by atoms with E-state index in [1.807, 2.05) is 0 Å². The number of guanidine groups is 1. The third-order valence-electron chi connectivity index (χ3n) is 4.49. The standard InChI is InChI=1S/C16H30N4.HI/c1-2-17-16(19-11-13-3-4-13)18-9-10-20(15-7-8-15)12-14-5-6-14;/h13-15H,2-12H2,1H3,(H2,17,18,19);1H. The predicted molar refractivity (Wildman–Crippen MR) is 99.4 cm³/mol. The molecule has 2 N–H and O–H groups in total. The monoisotopic (exact) mass is 406 g/mol. The van der Waals surface area contributed by atoms with Gasteiger partial charge in [-0.15, -0.1) is 24.0 Å². The highest BCUT2D eigenvalue weighted by molar-refractivity contribution is 14.0. The number of rotatable bonds is 9. The lowest BCUT2D eigenvalue weighted by Crippen LogP contribution is -2.42. The maximum atomic E-state index is 4.68. The summed E-state index contributed by atoms with van der Waals surface area (Å²) in [6.07, 6.45) is 8.51. The topological polar surface area (TPSA) is 39.7 Å². The number of hydrogen-bond donors (Lipinski definition) is 2. The molecule has 3 saturated carbocycles. The molecule has 0 amide bonds. The molecule has 3 rings (SSSR count). The average Bonchev–Trinajstić information content (AvgIpc) is 3.27. The number of halogens is 1. The highest BCUT2D eigenvalue weighted by Crippen LogP contribution is 2.34. The molecule has 0 spiro atoms. The van der Waals surface area contributed by atoms with Gasteiger partial charge in [0.15, 0.2) is 5.96 Å². The van der Waals surface area contributed by atoms with Crippen molar-refractivity contribution in [3.05, 3.63) is 0 Å². The van der Waals surface area contributed by atoms with E-state index >= 15 is 0 Å². The number of aliphatic imine (C=N–C) groups is 1. The van der Waals surface area contributed by atoms with E-state index in [0.29, 0.717) is 0 Å². The minimum Gasteiger partial charge on any atom is -0.357 e. The first-order chi connectivity index (χ1) is 9.85. The van der Waals surface area contributed by atoms with Gasteiger partial charge in [0.25, 0.3) is 0 Å². The summed E-state index contributed by atoms with van der Waals surface area (Å²) in [5, 5.41) is 6.87. The summed E-state index contributed by atoms with van der Waals surface area (Å²) in [5.74, 6) is 2.89. The van der Waals surface area contributed by atoms with Crippen LogP contribution in [0.4, 0.5) is 0 Å². The second kappa shape index (κ2) is 8.56. The molecule has 0 radical (unpaired) electrons. The van der Waals surface area contributed by atoms with Crippen molar-refractivity contribution >= 4 is 29.9 Å². The minimum absolute atomic E-state index is 0. The molecule has 0 atom stereocenters. The van der Waals surface area contributed by atoms with Crippen LogP contribution in [0.5, 0.6) is 0 Å². The molecule has 0 unspecified atom stereocenters. The van der Waals surface area contributed by atoms with Gasteiger partial charge in [-0.05, 0) is 57.3 Å². The Kier molecular flexibility index (Phi) is 7.05. The van der Waals surface area contributed by atoms with Crippen LogP contribution in [0.2, 0.25) is 0 Å². The molecular weight excluding hydrogens is 375 g/mol. The highest BCUT2D eigenvalue weighted by Gasteiger charge is 2.33. The molecule has 0 aromatic heterocycles. The molecule has 3 aliphatic carbocycles. The maximum Gasteiger partial charge on any atom is 0.191 e. The van der Waals surface area contributed by atoms with Crippen molar-refractivity contribution in [2.24, 2.45) is 16.8 Å². The SMILES string of the molecule is CCNC(=NCC1CC1)NCCN(CC1CC1)C1CC1.I. The van der Waals surface area contributed by atoms with Gasteiger partial charge in [0, 0.05) is 38.8 Å². The van der Waals surface area contributed by atoms with Gasteiger partial charge in [0.1, 0.15) is 0 Å². The fourth-order valence-corrected chi connectivity index (χ4v) is 2.68. The van der Waals surface area contributed by atoms with Crippen LogP contribution < -0.4 is 10.6 Å². The summed E-state index contributed by atoms with van der Waals surface area (Å²) in [4.78, 5) is 7.39. The normalized spacial score (nSPS) is 22.1. The van der Waals surface area contributed by atoms with Gasteiger partial charge in [-0.1, -0.05) is 0 Å². The Bertz CT molecular complexity index is 335. The number of hydrogen-bond acceptors (Lipinski definition) is 2. The van der Waals surface area contributed by atoms with E-state index in [1.54, 1.807) is 0 Å². The van der Waals surface area contributed by atoms with Crippen molar-refractivity contribution in [2.45, 2.75) is 51.5 Å². The van der Waals surface area contributed by atoms with Crippen molar-refractivity contribution in [3.63, 3.8) is 0 Å². The van der Waals surface area contributed by atoms with Crippen LogP contribution in [0.25, 0.3) is 0 Å². The van der Waals surface area contributed by atoms with Gasteiger partial charge in [-0.2, -0.15) is 0 Å². The van der Waals surface area contributed by atoms with E-state index < -0.39 is 0 Å². The Morgan fingerprint density at radius 3 is 2.33 bits per heavy atom. The van der Waals surface area contributed by atoms with Gasteiger partial charge in [0.2, 0.25) is 0 Å². The predicted octanol–water partition coefficient (Wildman–Crippen LogP) is 2.44. The van der Waals surface area contributed by atoms with E-state index in [1.165, 1.54) is 51.6 Å². The van der Waals surface area contributed by atoms with Gasteiger partial charge < -0.3 is 10.6 Å². The van der Waals surface area contributed by atoms with E-state index in [9.17, 15) is 0 Å². The largest absolute Gasteiger partial charge is 0.357 e. The van der Waals surface area contributed by atoms with Gasteiger partial charge in [-0.3, -0.25) is 9.89 Å². The van der Waals surface area contributed by atoms with Crippen molar-refractivity contribution in [3.8, 4) is 0 Å². The fraction of sp³-hybridized carbons (Fsp3) is 0.938. The van der Waals surface area contributed by atoms with Crippen molar-refractivity contribution < 1.29 is 0 Å². The molecule has 0 aromatic rings. The number of nitrogens with one attached hydrogen (secondary N) is 2. The van der Waals surface area contributed by atoms with E-state index in [4.69, 9.17) is 0 Å². The molecule has 0 heterocycles. The lowest BCUT2D eigenvalue weighted by molar-refractivity contribution is 0.256. The first kappa shape index (κ1) is 17.3. The van der Waals surface area contributed by atoms with Crippen LogP contribution in [0, 0.1) is 11.8 Å². The van der Waals surface area contributed by atoms with Crippen LogP contribution in [0.15, 0.2) is 4.99 Å². The molecule has 122 valence electrons. The Balaban J connectivity index is 0.00000161. The first-order valence-electron chi connectivity index (χ1n) is 8.61. The van der Waals surface area contributed by atoms with Crippen LogP contribution in [0.3, 0.4) is 0 Å². The zero-order valence-corrected chi connectivity index (χ0v) is 15.6. The third-order valence-corrected chi connectivity index (χ3v) is 4.49. The summed E-state index contributed by atoms with van der Waals surface area (Å²) in [5.41, 5.74) is 0. The van der Waals surface area contributed by atoms with Crippen LogP contribution in [0.1, 0.15) is 45.4 Å². The lowest BCUT2D eigenvalue weighted by atomic mass is 10.3. The third kappa shape index (κ3) is 6.72. The molecule has 3 fully saturated rings. The zero-order valence-electron chi connectivity index (χ0n) is 13.3. The summed E-state index contributed by atoms with van der Waals surface area (Å²) >= 11 is 0. The Labute approximate surface area is 146 Å². The molecule has 0 saturated heterocycles. The van der Waals surface area contributed by atoms with Gasteiger partial charge in [-0.25, -0.2) is 0 Å². The molecule has 0 aliphatic heterocycles. The van der Waals surface area contributed by atoms with Crippen LogP contribution >= 0.6 is 24.0 Å². The zero-order chi connectivity index (χ0) is 13.8. The van der Waals surface area contributed by atoms with Crippen LogP contribution in [-0.4, -0.2) is 49.6 Å². The second-order valence-electron chi connectivity index (χ2n) is 6.76. The smallest absolute Gasteiger partial charge is 0.191 e. The summed E-state index contributed by atoms with van der Waals surface area (Å²) in [7, 11) is 0. The molecule has 21 heavy (non-hydrogen) atoms. The van der Waals surface area contributed by atoms with Crippen LogP contribution in [-0.2, 0) is 0 Å². The molecular formula is C16H31IN4.